The molecule has 1 aliphatic rings. The molecule has 0 saturated carbocycles. The summed E-state index contributed by atoms with van der Waals surface area (Å²) in [5.41, 5.74) is 8.90. The second kappa shape index (κ2) is 11.2. The summed E-state index contributed by atoms with van der Waals surface area (Å²) in [4.78, 5) is 22.0. The lowest BCUT2D eigenvalue weighted by Gasteiger charge is -2.36. The predicted octanol–water partition coefficient (Wildman–Crippen LogP) is 6.99. The summed E-state index contributed by atoms with van der Waals surface area (Å²) < 4.78 is 21.1. The number of rotatable bonds is 8. The van der Waals surface area contributed by atoms with E-state index in [1.165, 1.54) is 7.11 Å². The Balaban J connectivity index is 1.32. The molecule has 2 aromatic heterocycles. The van der Waals surface area contributed by atoms with Gasteiger partial charge in [-0.3, -0.25) is 19.7 Å². The van der Waals surface area contributed by atoms with Crippen molar-refractivity contribution in [3.05, 3.63) is 102 Å². The minimum atomic E-state index is -0.816. The van der Waals surface area contributed by atoms with Gasteiger partial charge in [0.05, 0.1) is 30.4 Å². The number of likely N-dealkylation sites (tertiary alicyclic amines) is 1. The highest BCUT2D eigenvalue weighted by molar-refractivity contribution is 5.92. The van der Waals surface area contributed by atoms with Crippen molar-refractivity contribution in [3.8, 4) is 28.0 Å². The van der Waals surface area contributed by atoms with Gasteiger partial charge in [0.25, 0.3) is 0 Å². The number of aliphatic carboxylic acids is 1. The van der Waals surface area contributed by atoms with Crippen LogP contribution in [0.25, 0.3) is 33.2 Å². The van der Waals surface area contributed by atoms with Gasteiger partial charge < -0.3 is 15.2 Å². The number of carbonyl (C=O) groups is 1. The number of halogens is 1. The molecule has 3 aromatic carbocycles. The summed E-state index contributed by atoms with van der Waals surface area (Å²) in [5, 5.41) is 13.7. The predicted molar refractivity (Wildman–Crippen MR) is 163 cm³/mol. The standard InChI is InChI=1S/C34H31FN4O3/c1-20-25(23-13-29(35)28(32(14-23)42-3)19-39-17-24(18-39)34(40)41)8-4-9-26(20)27-10-5-11-30(21(27)2)38-31-16-36-15-22-7-6-12-37-33(22)31/h4-16,24,38H,17-19H2,1-3H3,(H,40,41). The Morgan fingerprint density at radius 2 is 1.74 bits per heavy atom. The lowest BCUT2D eigenvalue weighted by molar-refractivity contribution is -0.147. The minimum Gasteiger partial charge on any atom is -0.496 e. The summed E-state index contributed by atoms with van der Waals surface area (Å²) in [6, 6.07) is 19.5. The van der Waals surface area contributed by atoms with Gasteiger partial charge in [0.15, 0.2) is 0 Å². The summed E-state index contributed by atoms with van der Waals surface area (Å²) in [7, 11) is 1.53. The molecule has 3 heterocycles. The van der Waals surface area contributed by atoms with Crippen molar-refractivity contribution in [2.45, 2.75) is 20.4 Å². The number of methoxy groups -OCH3 is 1. The van der Waals surface area contributed by atoms with Crippen LogP contribution in [0, 0.1) is 25.6 Å². The summed E-state index contributed by atoms with van der Waals surface area (Å²) in [6.45, 7) is 5.24. The molecule has 212 valence electrons. The van der Waals surface area contributed by atoms with Crippen LogP contribution in [-0.2, 0) is 11.3 Å². The molecule has 0 bridgehead atoms. The zero-order valence-electron chi connectivity index (χ0n) is 23.7. The molecule has 0 aliphatic carbocycles. The fourth-order valence-corrected chi connectivity index (χ4v) is 5.72. The monoisotopic (exact) mass is 562 g/mol. The van der Waals surface area contributed by atoms with E-state index in [9.17, 15) is 4.79 Å². The van der Waals surface area contributed by atoms with E-state index in [1.54, 1.807) is 24.7 Å². The lowest BCUT2D eigenvalue weighted by atomic mass is 9.90. The molecular weight excluding hydrogens is 531 g/mol. The molecule has 7 nitrogen and oxygen atoms in total. The summed E-state index contributed by atoms with van der Waals surface area (Å²) in [6.07, 6.45) is 5.36. The molecule has 0 radical (unpaired) electrons. The first-order chi connectivity index (χ1) is 20.3. The molecule has 6 rings (SSSR count). The van der Waals surface area contributed by atoms with Gasteiger partial charge in [-0.25, -0.2) is 4.39 Å². The third-order valence-corrected chi connectivity index (χ3v) is 8.11. The second-order valence-electron chi connectivity index (χ2n) is 10.7. The van der Waals surface area contributed by atoms with Crippen LogP contribution >= 0.6 is 0 Å². The topological polar surface area (TPSA) is 87.6 Å². The van der Waals surface area contributed by atoms with Crippen LogP contribution in [0.1, 0.15) is 16.7 Å². The highest BCUT2D eigenvalue weighted by Gasteiger charge is 2.33. The average molecular weight is 563 g/mol. The van der Waals surface area contributed by atoms with E-state index in [0.29, 0.717) is 30.9 Å². The smallest absolute Gasteiger partial charge is 0.309 e. The van der Waals surface area contributed by atoms with Crippen molar-refractivity contribution in [3.63, 3.8) is 0 Å². The van der Waals surface area contributed by atoms with E-state index in [1.807, 2.05) is 54.3 Å². The Morgan fingerprint density at radius 3 is 2.50 bits per heavy atom. The van der Waals surface area contributed by atoms with E-state index in [0.717, 1.165) is 55.7 Å². The van der Waals surface area contributed by atoms with Crippen LogP contribution in [0.5, 0.6) is 5.75 Å². The quantitative estimate of drug-likeness (QED) is 0.211. The number of hydrogen-bond acceptors (Lipinski definition) is 6. The van der Waals surface area contributed by atoms with Gasteiger partial charge in [-0.1, -0.05) is 30.3 Å². The Hall–Kier alpha value is -4.82. The molecule has 1 fully saturated rings. The Kier molecular flexibility index (Phi) is 7.31. The maximum Gasteiger partial charge on any atom is 0.309 e. The van der Waals surface area contributed by atoms with Crippen molar-refractivity contribution < 1.29 is 19.0 Å². The van der Waals surface area contributed by atoms with Gasteiger partial charge in [-0.05, 0) is 77.6 Å². The van der Waals surface area contributed by atoms with Gasteiger partial charge in [0.1, 0.15) is 11.6 Å². The van der Waals surface area contributed by atoms with Crippen LogP contribution in [0.4, 0.5) is 15.8 Å². The third kappa shape index (κ3) is 5.05. The largest absolute Gasteiger partial charge is 0.496 e. The summed E-state index contributed by atoms with van der Waals surface area (Å²) in [5.74, 6) is -1.13. The number of nitrogens with one attached hydrogen (secondary N) is 1. The highest BCUT2D eigenvalue weighted by atomic mass is 19.1. The number of aromatic nitrogens is 2. The third-order valence-electron chi connectivity index (χ3n) is 8.11. The van der Waals surface area contributed by atoms with Gasteiger partial charge in [-0.2, -0.15) is 0 Å². The molecule has 0 atom stereocenters. The number of fused-ring (bicyclic) bond motifs is 1. The molecule has 8 heteroatoms. The van der Waals surface area contributed by atoms with Crippen molar-refractivity contribution in [1.82, 2.24) is 14.9 Å². The van der Waals surface area contributed by atoms with E-state index >= 15 is 4.39 Å². The van der Waals surface area contributed by atoms with E-state index in [-0.39, 0.29) is 5.82 Å². The first-order valence-corrected chi connectivity index (χ1v) is 13.8. The maximum absolute atomic E-state index is 15.5. The molecular formula is C34H31FN4O3. The zero-order valence-corrected chi connectivity index (χ0v) is 23.7. The molecule has 0 unspecified atom stereocenters. The van der Waals surface area contributed by atoms with Crippen molar-refractivity contribution in [2.24, 2.45) is 5.92 Å². The fraction of sp³-hybridized carbons (Fsp3) is 0.206. The number of carboxylic acids is 1. The lowest BCUT2D eigenvalue weighted by Crippen LogP contribution is -2.49. The minimum absolute atomic E-state index is 0.304. The molecule has 5 aromatic rings. The maximum atomic E-state index is 15.5. The number of anilines is 2. The van der Waals surface area contributed by atoms with Crippen LogP contribution in [-0.4, -0.2) is 46.1 Å². The van der Waals surface area contributed by atoms with Crippen LogP contribution < -0.4 is 10.1 Å². The number of pyridine rings is 2. The van der Waals surface area contributed by atoms with Gasteiger partial charge in [-0.15, -0.1) is 0 Å². The van der Waals surface area contributed by atoms with Crippen molar-refractivity contribution in [2.75, 3.05) is 25.5 Å². The van der Waals surface area contributed by atoms with E-state index < -0.39 is 11.9 Å². The fourth-order valence-electron chi connectivity index (χ4n) is 5.72. The first kappa shape index (κ1) is 27.4. The van der Waals surface area contributed by atoms with Crippen LogP contribution in [0.3, 0.4) is 0 Å². The highest BCUT2D eigenvalue weighted by Crippen LogP contribution is 2.39. The first-order valence-electron chi connectivity index (χ1n) is 13.8. The number of hydrogen-bond donors (Lipinski definition) is 2. The van der Waals surface area contributed by atoms with Gasteiger partial charge >= 0.3 is 5.97 Å². The Bertz CT molecular complexity index is 1810. The summed E-state index contributed by atoms with van der Waals surface area (Å²) >= 11 is 0. The zero-order chi connectivity index (χ0) is 29.4. The second-order valence-corrected chi connectivity index (χ2v) is 10.7. The molecule has 0 spiro atoms. The number of carboxylic acid groups (broad SMARTS) is 1. The number of ether oxygens (including phenoxy) is 1. The molecule has 1 saturated heterocycles. The molecule has 2 N–H and O–H groups in total. The van der Waals surface area contributed by atoms with Crippen molar-refractivity contribution >= 4 is 28.2 Å². The van der Waals surface area contributed by atoms with Gasteiger partial charge in [0, 0.05) is 48.7 Å². The SMILES string of the molecule is COc1cc(-c2cccc(-c3cccc(Nc4cncc5cccnc45)c3C)c2C)cc(F)c1CN1CC(C(=O)O)C1. The normalized spacial score (nSPS) is 13.6. The number of nitrogens with zero attached hydrogens (tertiary/aromatic N) is 3. The van der Waals surface area contributed by atoms with Crippen LogP contribution in [0.2, 0.25) is 0 Å². The van der Waals surface area contributed by atoms with E-state index in [4.69, 9.17) is 9.84 Å². The number of benzene rings is 3. The van der Waals surface area contributed by atoms with E-state index in [2.05, 4.69) is 34.3 Å². The Morgan fingerprint density at radius 1 is 1.00 bits per heavy atom. The van der Waals surface area contributed by atoms with Gasteiger partial charge in [0.2, 0.25) is 0 Å². The molecule has 0 amide bonds. The van der Waals surface area contributed by atoms with Crippen molar-refractivity contribution in [1.29, 1.82) is 0 Å². The molecule has 1 aliphatic heterocycles. The molecule has 42 heavy (non-hydrogen) atoms. The van der Waals surface area contributed by atoms with Crippen LogP contribution in [0.15, 0.2) is 79.3 Å². The Labute approximate surface area is 243 Å². The average Bonchev–Trinajstić information content (AvgIpc) is 2.96.